The molecule has 0 saturated carbocycles. The van der Waals surface area contributed by atoms with E-state index in [4.69, 9.17) is 5.26 Å². The fraction of sp³-hybridized carbons (Fsp3) is 0.500. The summed E-state index contributed by atoms with van der Waals surface area (Å²) in [4.78, 5) is 3.94. The van der Waals surface area contributed by atoms with Crippen LogP contribution in [0.4, 0.5) is 0 Å². The minimum atomic E-state index is -3.54. The summed E-state index contributed by atoms with van der Waals surface area (Å²) in [7, 11) is -3.54. The Morgan fingerprint density at radius 1 is 1.47 bits per heavy atom. The van der Waals surface area contributed by atoms with Crippen molar-refractivity contribution in [2.24, 2.45) is 0 Å². The summed E-state index contributed by atoms with van der Waals surface area (Å²) in [5.74, 6) is 0. The van der Waals surface area contributed by atoms with Gasteiger partial charge >= 0.3 is 0 Å². The van der Waals surface area contributed by atoms with Crippen molar-refractivity contribution in [1.29, 1.82) is 5.26 Å². The third-order valence-electron chi connectivity index (χ3n) is 3.03. The van der Waals surface area contributed by atoms with Crippen LogP contribution in [-0.4, -0.2) is 42.9 Å². The van der Waals surface area contributed by atoms with Gasteiger partial charge in [-0.3, -0.25) is 0 Å². The van der Waals surface area contributed by atoms with Gasteiger partial charge in [0.15, 0.2) is 0 Å². The Balaban J connectivity index is 2.29. The molecule has 19 heavy (non-hydrogen) atoms. The van der Waals surface area contributed by atoms with Crippen LogP contribution in [0.2, 0.25) is 0 Å². The number of hydrogen-bond donors (Lipinski definition) is 1. The van der Waals surface area contributed by atoms with Gasteiger partial charge in [0.2, 0.25) is 10.0 Å². The lowest BCUT2D eigenvalue weighted by atomic mass is 10.0. The van der Waals surface area contributed by atoms with Gasteiger partial charge in [0, 0.05) is 31.4 Å². The van der Waals surface area contributed by atoms with Crippen LogP contribution >= 0.6 is 0 Å². The molecular formula is C12H16N4O2S. The standard InChI is InChI=1S/C12H16N4O2S/c1-12(2)9-16(6-5-15-12)19(17,18)11-4-3-10(7-13)14-8-11/h3-4,8,15H,5-6,9H2,1-2H3. The molecule has 0 amide bonds. The molecule has 0 radical (unpaired) electrons. The average molecular weight is 280 g/mol. The zero-order valence-corrected chi connectivity index (χ0v) is 11.7. The van der Waals surface area contributed by atoms with E-state index in [0.717, 1.165) is 0 Å². The SMILES string of the molecule is CC1(C)CN(S(=O)(=O)c2ccc(C#N)nc2)CCN1. The number of nitrogens with zero attached hydrogens (tertiary/aromatic N) is 3. The molecule has 1 aromatic rings. The van der Waals surface area contributed by atoms with Crippen LogP contribution in [0.25, 0.3) is 0 Å². The number of nitrogens with one attached hydrogen (secondary N) is 1. The minimum Gasteiger partial charge on any atom is -0.309 e. The highest BCUT2D eigenvalue weighted by atomic mass is 32.2. The molecule has 1 N–H and O–H groups in total. The van der Waals surface area contributed by atoms with Gasteiger partial charge in [-0.2, -0.15) is 9.57 Å². The van der Waals surface area contributed by atoms with Crippen molar-refractivity contribution in [2.75, 3.05) is 19.6 Å². The van der Waals surface area contributed by atoms with Gasteiger partial charge < -0.3 is 5.32 Å². The second kappa shape index (κ2) is 4.89. The summed E-state index contributed by atoms with van der Waals surface area (Å²) in [5, 5.41) is 11.9. The highest BCUT2D eigenvalue weighted by Crippen LogP contribution is 2.20. The van der Waals surface area contributed by atoms with Crippen molar-refractivity contribution in [1.82, 2.24) is 14.6 Å². The lowest BCUT2D eigenvalue weighted by molar-refractivity contribution is 0.233. The van der Waals surface area contributed by atoms with E-state index in [1.165, 1.54) is 22.6 Å². The van der Waals surface area contributed by atoms with Crippen LogP contribution in [0.5, 0.6) is 0 Å². The predicted molar refractivity (Wildman–Crippen MR) is 69.8 cm³/mol. The quantitative estimate of drug-likeness (QED) is 0.843. The normalized spacial score (nSPS) is 19.8. The number of piperazine rings is 1. The molecule has 0 aromatic carbocycles. The van der Waals surface area contributed by atoms with Crippen LogP contribution in [0.1, 0.15) is 19.5 Å². The first kappa shape index (κ1) is 13.9. The number of rotatable bonds is 2. The molecule has 2 heterocycles. The first-order valence-electron chi connectivity index (χ1n) is 5.96. The van der Waals surface area contributed by atoms with Gasteiger partial charge in [-0.15, -0.1) is 0 Å². The Morgan fingerprint density at radius 2 is 2.21 bits per heavy atom. The Hall–Kier alpha value is -1.49. The molecule has 6 nitrogen and oxygen atoms in total. The summed E-state index contributed by atoms with van der Waals surface area (Å²) < 4.78 is 26.4. The lowest BCUT2D eigenvalue weighted by Gasteiger charge is -2.38. The first-order valence-corrected chi connectivity index (χ1v) is 7.40. The summed E-state index contributed by atoms with van der Waals surface area (Å²) in [6.45, 7) is 5.40. The Kier molecular flexibility index (Phi) is 3.58. The number of nitriles is 1. The van der Waals surface area contributed by atoms with Crippen molar-refractivity contribution in [2.45, 2.75) is 24.3 Å². The van der Waals surface area contributed by atoms with Crippen LogP contribution in [-0.2, 0) is 10.0 Å². The summed E-state index contributed by atoms with van der Waals surface area (Å²) >= 11 is 0. The molecule has 0 aliphatic carbocycles. The Bertz CT molecular complexity index is 602. The van der Waals surface area contributed by atoms with E-state index >= 15 is 0 Å². The summed E-state index contributed by atoms with van der Waals surface area (Å²) in [5.41, 5.74) is -0.0367. The second-order valence-electron chi connectivity index (χ2n) is 5.14. The van der Waals surface area contributed by atoms with Crippen molar-refractivity contribution in [3.8, 4) is 6.07 Å². The van der Waals surface area contributed by atoms with Crippen LogP contribution in [0.15, 0.2) is 23.2 Å². The molecule has 0 spiro atoms. The van der Waals surface area contributed by atoms with Crippen LogP contribution < -0.4 is 5.32 Å². The van der Waals surface area contributed by atoms with Crippen molar-refractivity contribution in [3.05, 3.63) is 24.0 Å². The molecule has 0 atom stereocenters. The second-order valence-corrected chi connectivity index (χ2v) is 7.08. The van der Waals surface area contributed by atoms with Gasteiger partial charge in [-0.05, 0) is 26.0 Å². The van der Waals surface area contributed by atoms with Gasteiger partial charge in [0.1, 0.15) is 16.7 Å². The number of aromatic nitrogens is 1. The van der Waals surface area contributed by atoms with E-state index in [0.29, 0.717) is 19.6 Å². The molecule has 1 aliphatic rings. The van der Waals surface area contributed by atoms with Crippen LogP contribution in [0.3, 0.4) is 0 Å². The molecule has 2 rings (SSSR count). The Labute approximate surface area is 113 Å². The lowest BCUT2D eigenvalue weighted by Crippen LogP contribution is -2.58. The maximum Gasteiger partial charge on any atom is 0.244 e. The molecule has 1 aliphatic heterocycles. The van der Waals surface area contributed by atoms with Gasteiger partial charge in [-0.25, -0.2) is 13.4 Å². The van der Waals surface area contributed by atoms with Gasteiger partial charge in [-0.1, -0.05) is 0 Å². The molecule has 7 heteroatoms. The highest BCUT2D eigenvalue weighted by Gasteiger charge is 2.33. The number of pyridine rings is 1. The zero-order chi connectivity index (χ0) is 14.1. The minimum absolute atomic E-state index is 0.129. The molecule has 102 valence electrons. The fourth-order valence-corrected chi connectivity index (χ4v) is 3.60. The smallest absolute Gasteiger partial charge is 0.244 e. The van der Waals surface area contributed by atoms with Crippen molar-refractivity contribution in [3.63, 3.8) is 0 Å². The zero-order valence-electron chi connectivity index (χ0n) is 10.9. The van der Waals surface area contributed by atoms with E-state index in [1.54, 1.807) is 0 Å². The predicted octanol–water partition coefficient (Wildman–Crippen LogP) is 0.326. The molecular weight excluding hydrogens is 264 g/mol. The maximum absolute atomic E-state index is 12.4. The van der Waals surface area contributed by atoms with Gasteiger partial charge in [0.05, 0.1) is 0 Å². The largest absolute Gasteiger partial charge is 0.309 e. The van der Waals surface area contributed by atoms with E-state index in [2.05, 4.69) is 10.3 Å². The molecule has 0 unspecified atom stereocenters. The summed E-state index contributed by atoms with van der Waals surface area (Å²) in [6.07, 6.45) is 1.24. The average Bonchev–Trinajstić information content (AvgIpc) is 2.37. The molecule has 1 saturated heterocycles. The topological polar surface area (TPSA) is 86.1 Å². The third kappa shape index (κ3) is 2.92. The van der Waals surface area contributed by atoms with Gasteiger partial charge in [0.25, 0.3) is 0 Å². The molecule has 1 aromatic heterocycles. The third-order valence-corrected chi connectivity index (χ3v) is 4.85. The summed E-state index contributed by atoms with van der Waals surface area (Å²) in [6, 6.07) is 4.71. The highest BCUT2D eigenvalue weighted by molar-refractivity contribution is 7.89. The number of sulfonamides is 1. The van der Waals surface area contributed by atoms with Crippen molar-refractivity contribution < 1.29 is 8.42 Å². The van der Waals surface area contributed by atoms with E-state index < -0.39 is 10.0 Å². The monoisotopic (exact) mass is 280 g/mol. The van der Waals surface area contributed by atoms with Crippen LogP contribution in [0, 0.1) is 11.3 Å². The maximum atomic E-state index is 12.4. The number of hydrogen-bond acceptors (Lipinski definition) is 5. The first-order chi connectivity index (χ1) is 8.85. The fourth-order valence-electron chi connectivity index (χ4n) is 2.05. The van der Waals surface area contributed by atoms with E-state index in [1.807, 2.05) is 19.9 Å². The Morgan fingerprint density at radius 3 is 2.74 bits per heavy atom. The van der Waals surface area contributed by atoms with E-state index in [-0.39, 0.29) is 16.1 Å². The molecule has 0 bridgehead atoms. The van der Waals surface area contributed by atoms with Crippen molar-refractivity contribution >= 4 is 10.0 Å². The van der Waals surface area contributed by atoms with E-state index in [9.17, 15) is 8.42 Å². The molecule has 1 fully saturated rings.